The Morgan fingerprint density at radius 1 is 0.286 bits per heavy atom. The summed E-state index contributed by atoms with van der Waals surface area (Å²) in [7, 11) is 0. The standard InChI is InChI=1S/C51H29N3O2/c1-2-12-37-30(9-1)19-20-31-21-23-35(28-41(31)37)50-52-49(34-11-7-10-33(27-34)38-15-8-18-45-47(38)39-13-3-5-16-43(39)55-45)53-51(54-50)36-24-22-32-25-26-46-48(42(32)29-36)40-14-4-6-17-44(40)56-46/h1-29H. The zero-order valence-corrected chi connectivity index (χ0v) is 29.9. The molecule has 0 aliphatic heterocycles. The van der Waals surface area contributed by atoms with E-state index >= 15 is 0 Å². The Labute approximate surface area is 320 Å². The number of aromatic nitrogens is 3. The number of rotatable bonds is 4. The molecule has 0 N–H and O–H groups in total. The van der Waals surface area contributed by atoms with Crippen molar-refractivity contribution in [1.29, 1.82) is 0 Å². The monoisotopic (exact) mass is 715 g/mol. The highest BCUT2D eigenvalue weighted by molar-refractivity contribution is 6.19. The first-order valence-corrected chi connectivity index (χ1v) is 18.8. The highest BCUT2D eigenvalue weighted by Gasteiger charge is 2.18. The van der Waals surface area contributed by atoms with Crippen LogP contribution in [0.3, 0.4) is 0 Å². The van der Waals surface area contributed by atoms with Gasteiger partial charge in [0.1, 0.15) is 22.3 Å². The molecule has 12 rings (SSSR count). The summed E-state index contributed by atoms with van der Waals surface area (Å²) in [5.41, 5.74) is 8.33. The minimum Gasteiger partial charge on any atom is -0.456 e. The molecule has 0 aliphatic carbocycles. The van der Waals surface area contributed by atoms with Gasteiger partial charge < -0.3 is 8.83 Å². The molecule has 12 aromatic rings. The molecule has 0 bridgehead atoms. The molecule has 5 nitrogen and oxygen atoms in total. The van der Waals surface area contributed by atoms with E-state index in [2.05, 4.69) is 146 Å². The van der Waals surface area contributed by atoms with E-state index < -0.39 is 0 Å². The molecule has 0 spiro atoms. The largest absolute Gasteiger partial charge is 0.456 e. The topological polar surface area (TPSA) is 65.0 Å². The molecular weight excluding hydrogens is 687 g/mol. The summed E-state index contributed by atoms with van der Waals surface area (Å²) >= 11 is 0. The Morgan fingerprint density at radius 3 is 1.50 bits per heavy atom. The molecule has 0 atom stereocenters. The second-order valence-corrected chi connectivity index (χ2v) is 14.4. The molecule has 0 aliphatic rings. The number of hydrogen-bond donors (Lipinski definition) is 0. The zero-order chi connectivity index (χ0) is 36.7. The highest BCUT2D eigenvalue weighted by Crippen LogP contribution is 2.39. The molecule has 9 aromatic carbocycles. The Bertz CT molecular complexity index is 3560. The lowest BCUT2D eigenvalue weighted by Crippen LogP contribution is -2.00. The van der Waals surface area contributed by atoms with Gasteiger partial charge in [0.25, 0.3) is 0 Å². The lowest BCUT2D eigenvalue weighted by Gasteiger charge is -2.12. The van der Waals surface area contributed by atoms with Gasteiger partial charge in [-0.05, 0) is 85.9 Å². The van der Waals surface area contributed by atoms with Gasteiger partial charge in [-0.25, -0.2) is 15.0 Å². The van der Waals surface area contributed by atoms with Gasteiger partial charge in [-0.2, -0.15) is 0 Å². The van der Waals surface area contributed by atoms with Crippen molar-refractivity contribution in [2.24, 2.45) is 0 Å². The van der Waals surface area contributed by atoms with Crippen molar-refractivity contribution in [2.75, 3.05) is 0 Å². The van der Waals surface area contributed by atoms with Crippen LogP contribution in [-0.2, 0) is 0 Å². The van der Waals surface area contributed by atoms with Crippen LogP contribution in [0.5, 0.6) is 0 Å². The molecule has 0 fully saturated rings. The van der Waals surface area contributed by atoms with Crippen molar-refractivity contribution in [3.05, 3.63) is 176 Å². The summed E-state index contributed by atoms with van der Waals surface area (Å²) < 4.78 is 12.5. The van der Waals surface area contributed by atoms with Crippen molar-refractivity contribution < 1.29 is 8.83 Å². The van der Waals surface area contributed by atoms with Crippen LogP contribution >= 0.6 is 0 Å². The maximum absolute atomic E-state index is 6.27. The summed E-state index contributed by atoms with van der Waals surface area (Å²) in [6.45, 7) is 0. The van der Waals surface area contributed by atoms with Crippen molar-refractivity contribution in [3.8, 4) is 45.3 Å². The summed E-state index contributed by atoms with van der Waals surface area (Å²) in [5, 5.41) is 11.3. The second-order valence-electron chi connectivity index (χ2n) is 14.4. The minimum absolute atomic E-state index is 0.598. The van der Waals surface area contributed by atoms with Gasteiger partial charge in [-0.15, -0.1) is 0 Å². The van der Waals surface area contributed by atoms with Crippen LogP contribution < -0.4 is 0 Å². The van der Waals surface area contributed by atoms with Gasteiger partial charge >= 0.3 is 0 Å². The molecule has 0 saturated carbocycles. The number of furan rings is 2. The quantitative estimate of drug-likeness (QED) is 0.170. The van der Waals surface area contributed by atoms with Crippen LogP contribution in [0.4, 0.5) is 0 Å². The highest BCUT2D eigenvalue weighted by atomic mass is 16.3. The Hall–Kier alpha value is -7.63. The zero-order valence-electron chi connectivity index (χ0n) is 29.9. The number of fused-ring (bicyclic) bond motifs is 11. The van der Waals surface area contributed by atoms with Gasteiger partial charge in [0.2, 0.25) is 0 Å². The van der Waals surface area contributed by atoms with Crippen molar-refractivity contribution in [2.45, 2.75) is 0 Å². The van der Waals surface area contributed by atoms with Crippen LogP contribution in [0.15, 0.2) is 185 Å². The van der Waals surface area contributed by atoms with E-state index in [-0.39, 0.29) is 0 Å². The van der Waals surface area contributed by atoms with Crippen molar-refractivity contribution in [1.82, 2.24) is 15.0 Å². The molecule has 260 valence electrons. The summed E-state index contributed by atoms with van der Waals surface area (Å²) in [4.78, 5) is 15.6. The van der Waals surface area contributed by atoms with Crippen molar-refractivity contribution >= 4 is 76.2 Å². The fourth-order valence-electron chi connectivity index (χ4n) is 8.43. The number of nitrogens with zero attached hydrogens (tertiary/aromatic N) is 3. The molecule has 5 heteroatoms. The number of benzene rings is 9. The molecule has 3 aromatic heterocycles. The van der Waals surface area contributed by atoms with Crippen LogP contribution in [0, 0.1) is 0 Å². The van der Waals surface area contributed by atoms with Gasteiger partial charge in [-0.3, -0.25) is 0 Å². The third-order valence-electron chi connectivity index (χ3n) is 11.1. The van der Waals surface area contributed by atoms with E-state index in [1.807, 2.05) is 30.3 Å². The smallest absolute Gasteiger partial charge is 0.164 e. The van der Waals surface area contributed by atoms with E-state index in [4.69, 9.17) is 23.8 Å². The van der Waals surface area contributed by atoms with E-state index in [9.17, 15) is 0 Å². The first-order chi connectivity index (χ1) is 27.7. The maximum atomic E-state index is 6.27. The van der Waals surface area contributed by atoms with Crippen LogP contribution in [0.2, 0.25) is 0 Å². The number of hydrogen-bond acceptors (Lipinski definition) is 5. The van der Waals surface area contributed by atoms with Gasteiger partial charge in [0, 0.05) is 38.2 Å². The second kappa shape index (κ2) is 11.9. The first-order valence-electron chi connectivity index (χ1n) is 18.8. The lowest BCUT2D eigenvalue weighted by atomic mass is 9.97. The molecule has 0 amide bonds. The van der Waals surface area contributed by atoms with E-state index in [0.717, 1.165) is 87.9 Å². The van der Waals surface area contributed by atoms with E-state index in [1.54, 1.807) is 0 Å². The van der Waals surface area contributed by atoms with Gasteiger partial charge in [0.15, 0.2) is 17.5 Å². The Balaban J connectivity index is 1.08. The minimum atomic E-state index is 0.598. The van der Waals surface area contributed by atoms with Gasteiger partial charge in [-0.1, -0.05) is 133 Å². The molecular formula is C51H29N3O2. The number of para-hydroxylation sites is 2. The van der Waals surface area contributed by atoms with E-state index in [0.29, 0.717) is 17.5 Å². The van der Waals surface area contributed by atoms with Crippen LogP contribution in [0.1, 0.15) is 0 Å². The maximum Gasteiger partial charge on any atom is 0.164 e. The van der Waals surface area contributed by atoms with Gasteiger partial charge in [0.05, 0.1) is 0 Å². The third-order valence-corrected chi connectivity index (χ3v) is 11.1. The molecule has 0 unspecified atom stereocenters. The Kier molecular flexibility index (Phi) is 6.56. The molecule has 3 heterocycles. The fraction of sp³-hybridized carbons (Fsp3) is 0. The lowest BCUT2D eigenvalue weighted by molar-refractivity contribution is 0.668. The normalized spacial score (nSPS) is 11.9. The SMILES string of the molecule is c1cc(-c2nc(-c3ccc4ccc5ccccc5c4c3)nc(-c3ccc4ccc5oc6ccccc6c5c4c3)n2)cc(-c2cccc3oc4ccccc4c23)c1. The third kappa shape index (κ3) is 4.78. The van der Waals surface area contributed by atoms with Crippen molar-refractivity contribution in [3.63, 3.8) is 0 Å². The van der Waals surface area contributed by atoms with E-state index in [1.165, 1.54) is 16.2 Å². The Morgan fingerprint density at radius 2 is 0.768 bits per heavy atom. The fourth-order valence-corrected chi connectivity index (χ4v) is 8.43. The average Bonchev–Trinajstić information content (AvgIpc) is 3.85. The van der Waals surface area contributed by atoms with Crippen LogP contribution in [-0.4, -0.2) is 15.0 Å². The van der Waals surface area contributed by atoms with Crippen LogP contribution in [0.25, 0.3) is 121 Å². The summed E-state index contributed by atoms with van der Waals surface area (Å²) in [6.07, 6.45) is 0. The first kappa shape index (κ1) is 30.8. The molecule has 56 heavy (non-hydrogen) atoms. The molecule has 0 saturated heterocycles. The molecule has 0 radical (unpaired) electrons. The predicted molar refractivity (Wildman–Crippen MR) is 229 cm³/mol. The predicted octanol–water partition coefficient (Wildman–Crippen LogP) is 13.8. The summed E-state index contributed by atoms with van der Waals surface area (Å²) in [5.74, 6) is 1.81. The summed E-state index contributed by atoms with van der Waals surface area (Å²) in [6, 6.07) is 61.1. The average molecular weight is 716 g/mol.